The van der Waals surface area contributed by atoms with Crippen LogP contribution < -0.4 is 5.32 Å². The Kier molecular flexibility index (Phi) is 6.19. The van der Waals surface area contributed by atoms with E-state index in [0.717, 1.165) is 19.3 Å². The Bertz CT molecular complexity index is 253. The summed E-state index contributed by atoms with van der Waals surface area (Å²) < 4.78 is 5.49. The number of hydrogen-bond donors (Lipinski definition) is 1. The highest BCUT2D eigenvalue weighted by molar-refractivity contribution is 5.79. The Morgan fingerprint density at radius 2 is 2.06 bits per heavy atom. The molecule has 1 saturated carbocycles. The molecule has 1 N–H and O–H groups in total. The second kappa shape index (κ2) is 7.43. The molecule has 1 aliphatic rings. The predicted molar refractivity (Wildman–Crippen MR) is 65.7 cm³/mol. The first-order chi connectivity index (χ1) is 8.08. The Labute approximate surface area is 103 Å². The normalized spacial score (nSPS) is 17.5. The van der Waals surface area contributed by atoms with Crippen LogP contribution in [-0.2, 0) is 14.3 Å². The maximum Gasteiger partial charge on any atom is 0.246 e. The Morgan fingerprint density at radius 3 is 2.65 bits per heavy atom. The van der Waals surface area contributed by atoms with Crippen molar-refractivity contribution in [1.82, 2.24) is 5.32 Å². The second-order valence-corrected chi connectivity index (χ2v) is 5.08. The largest absolute Gasteiger partial charge is 0.368 e. The highest BCUT2D eigenvalue weighted by Gasteiger charge is 2.19. The maximum atomic E-state index is 11.4. The van der Waals surface area contributed by atoms with Gasteiger partial charge < -0.3 is 10.1 Å². The lowest BCUT2D eigenvalue weighted by Gasteiger charge is -2.21. The van der Waals surface area contributed by atoms with Crippen molar-refractivity contribution in [2.75, 3.05) is 13.2 Å². The van der Waals surface area contributed by atoms with Crippen LogP contribution in [0.15, 0.2) is 0 Å². The number of carbonyl (C=O) groups excluding carboxylic acids is 2. The zero-order valence-corrected chi connectivity index (χ0v) is 10.8. The number of Topliss-reactive ketones (excluding diaryl/α,β-unsaturated/α-hetero) is 1. The minimum atomic E-state index is -0.0532. The van der Waals surface area contributed by atoms with Crippen molar-refractivity contribution >= 4 is 11.7 Å². The molecule has 17 heavy (non-hydrogen) atoms. The zero-order valence-electron chi connectivity index (χ0n) is 10.8. The van der Waals surface area contributed by atoms with Gasteiger partial charge in [-0.05, 0) is 25.2 Å². The third-order valence-electron chi connectivity index (χ3n) is 2.98. The number of carbonyl (C=O) groups is 2. The predicted octanol–water partition coefficient (Wildman–Crippen LogP) is 1.68. The first-order valence-electron chi connectivity index (χ1n) is 6.48. The van der Waals surface area contributed by atoms with E-state index in [1.807, 2.05) is 0 Å². The molecule has 0 aromatic heterocycles. The van der Waals surface area contributed by atoms with Crippen molar-refractivity contribution in [3.05, 3.63) is 0 Å². The summed E-state index contributed by atoms with van der Waals surface area (Å²) in [4.78, 5) is 22.4. The Hall–Kier alpha value is -0.900. The number of amides is 1. The van der Waals surface area contributed by atoms with E-state index in [2.05, 4.69) is 19.2 Å². The summed E-state index contributed by atoms with van der Waals surface area (Å²) in [5.74, 6) is 0.856. The summed E-state index contributed by atoms with van der Waals surface area (Å²) in [5.41, 5.74) is 0. The molecule has 4 nitrogen and oxygen atoms in total. The van der Waals surface area contributed by atoms with Crippen LogP contribution in [0.5, 0.6) is 0 Å². The molecule has 0 unspecified atom stereocenters. The van der Waals surface area contributed by atoms with Gasteiger partial charge in [0.15, 0.2) is 0 Å². The van der Waals surface area contributed by atoms with Crippen LogP contribution in [-0.4, -0.2) is 30.9 Å². The molecule has 1 amide bonds. The Morgan fingerprint density at radius 1 is 1.41 bits per heavy atom. The van der Waals surface area contributed by atoms with Crippen molar-refractivity contribution in [2.24, 2.45) is 5.92 Å². The first-order valence-corrected chi connectivity index (χ1v) is 6.48. The van der Waals surface area contributed by atoms with Crippen LogP contribution in [0, 0.1) is 5.92 Å². The number of nitrogens with one attached hydrogen (secondary N) is 1. The maximum absolute atomic E-state index is 11.4. The number of ether oxygens (including phenoxy) is 1. The molecule has 1 rings (SSSR count). The van der Waals surface area contributed by atoms with Gasteiger partial charge in [-0.1, -0.05) is 13.8 Å². The van der Waals surface area contributed by atoms with E-state index >= 15 is 0 Å². The van der Waals surface area contributed by atoms with Gasteiger partial charge in [-0.3, -0.25) is 9.59 Å². The SMILES string of the molecule is CC(C)CCNC(=O)COC1CCC(=O)CC1. The molecule has 0 heterocycles. The lowest BCUT2D eigenvalue weighted by atomic mass is 9.96. The summed E-state index contributed by atoms with van der Waals surface area (Å²) in [6, 6.07) is 0. The summed E-state index contributed by atoms with van der Waals surface area (Å²) in [6.07, 6.45) is 3.79. The third-order valence-corrected chi connectivity index (χ3v) is 2.98. The van der Waals surface area contributed by atoms with Gasteiger partial charge in [-0.25, -0.2) is 0 Å². The monoisotopic (exact) mass is 241 g/mol. The summed E-state index contributed by atoms with van der Waals surface area (Å²) >= 11 is 0. The molecule has 0 bridgehead atoms. The molecule has 0 aliphatic heterocycles. The fraction of sp³-hybridized carbons (Fsp3) is 0.846. The van der Waals surface area contributed by atoms with Crippen LogP contribution in [0.4, 0.5) is 0 Å². The average molecular weight is 241 g/mol. The van der Waals surface area contributed by atoms with Crippen LogP contribution in [0.1, 0.15) is 46.0 Å². The van der Waals surface area contributed by atoms with E-state index in [4.69, 9.17) is 4.74 Å². The lowest BCUT2D eigenvalue weighted by Crippen LogP contribution is -2.32. The van der Waals surface area contributed by atoms with E-state index in [-0.39, 0.29) is 18.6 Å². The van der Waals surface area contributed by atoms with Gasteiger partial charge >= 0.3 is 0 Å². The molecule has 1 fully saturated rings. The van der Waals surface area contributed by atoms with Crippen LogP contribution in [0.25, 0.3) is 0 Å². The Balaban J connectivity index is 2.05. The quantitative estimate of drug-likeness (QED) is 0.769. The van der Waals surface area contributed by atoms with Gasteiger partial charge in [0.2, 0.25) is 5.91 Å². The van der Waals surface area contributed by atoms with Gasteiger partial charge in [0.25, 0.3) is 0 Å². The van der Waals surface area contributed by atoms with Gasteiger partial charge in [-0.2, -0.15) is 0 Å². The van der Waals surface area contributed by atoms with Gasteiger partial charge in [0.1, 0.15) is 12.4 Å². The summed E-state index contributed by atoms with van der Waals surface area (Å²) in [6.45, 7) is 5.09. The summed E-state index contributed by atoms with van der Waals surface area (Å²) in [5, 5.41) is 2.83. The molecule has 1 aliphatic carbocycles. The average Bonchev–Trinajstić information content (AvgIpc) is 2.28. The van der Waals surface area contributed by atoms with Gasteiger partial charge in [-0.15, -0.1) is 0 Å². The van der Waals surface area contributed by atoms with Crippen molar-refractivity contribution in [3.8, 4) is 0 Å². The second-order valence-electron chi connectivity index (χ2n) is 5.08. The standard InChI is InChI=1S/C13H23NO3/c1-10(2)7-8-14-13(16)9-17-12-5-3-11(15)4-6-12/h10,12H,3-9H2,1-2H3,(H,14,16). The fourth-order valence-corrected chi connectivity index (χ4v) is 1.82. The molecular formula is C13H23NO3. The van der Waals surface area contributed by atoms with Gasteiger partial charge in [0, 0.05) is 19.4 Å². The highest BCUT2D eigenvalue weighted by Crippen LogP contribution is 2.17. The van der Waals surface area contributed by atoms with E-state index in [1.165, 1.54) is 0 Å². The zero-order chi connectivity index (χ0) is 12.7. The van der Waals surface area contributed by atoms with E-state index < -0.39 is 0 Å². The molecular weight excluding hydrogens is 218 g/mol. The minimum Gasteiger partial charge on any atom is -0.368 e. The van der Waals surface area contributed by atoms with Crippen molar-refractivity contribution in [3.63, 3.8) is 0 Å². The smallest absolute Gasteiger partial charge is 0.246 e. The molecule has 0 aromatic carbocycles. The molecule has 0 radical (unpaired) electrons. The van der Waals surface area contributed by atoms with Crippen molar-refractivity contribution < 1.29 is 14.3 Å². The molecule has 0 spiro atoms. The minimum absolute atomic E-state index is 0.0532. The van der Waals surface area contributed by atoms with Crippen molar-refractivity contribution in [2.45, 2.75) is 52.1 Å². The topological polar surface area (TPSA) is 55.4 Å². The number of ketones is 1. The van der Waals surface area contributed by atoms with Crippen LogP contribution in [0.2, 0.25) is 0 Å². The molecule has 98 valence electrons. The van der Waals surface area contributed by atoms with E-state index in [9.17, 15) is 9.59 Å². The molecule has 0 atom stereocenters. The van der Waals surface area contributed by atoms with E-state index in [1.54, 1.807) is 0 Å². The number of rotatable bonds is 6. The lowest BCUT2D eigenvalue weighted by molar-refractivity contribution is -0.130. The fourth-order valence-electron chi connectivity index (χ4n) is 1.82. The van der Waals surface area contributed by atoms with Crippen LogP contribution in [0.3, 0.4) is 0 Å². The van der Waals surface area contributed by atoms with Crippen LogP contribution >= 0.6 is 0 Å². The van der Waals surface area contributed by atoms with E-state index in [0.29, 0.717) is 31.1 Å². The molecule has 4 heteroatoms. The first kappa shape index (κ1) is 14.2. The highest BCUT2D eigenvalue weighted by atomic mass is 16.5. The van der Waals surface area contributed by atoms with Gasteiger partial charge in [0.05, 0.1) is 6.10 Å². The third kappa shape index (κ3) is 6.41. The molecule has 0 aromatic rings. The molecule has 0 saturated heterocycles. The summed E-state index contributed by atoms with van der Waals surface area (Å²) in [7, 11) is 0. The number of hydrogen-bond acceptors (Lipinski definition) is 3. The van der Waals surface area contributed by atoms with Crippen molar-refractivity contribution in [1.29, 1.82) is 0 Å².